The molecule has 32 heavy (non-hydrogen) atoms. The highest BCUT2D eigenvalue weighted by Gasteiger charge is 2.25. The van der Waals surface area contributed by atoms with Gasteiger partial charge in [0.1, 0.15) is 23.4 Å². The number of hydrogen-bond donors (Lipinski definition) is 1. The minimum Gasteiger partial charge on any atom is -0.497 e. The quantitative estimate of drug-likeness (QED) is 0.256. The molecule has 1 N–H and O–H groups in total. The third kappa shape index (κ3) is 5.99. The summed E-state index contributed by atoms with van der Waals surface area (Å²) in [6, 6.07) is 10.7. The smallest absolute Gasteiger partial charge is 0.197 e. The highest BCUT2D eigenvalue weighted by molar-refractivity contribution is 7.57. The van der Waals surface area contributed by atoms with E-state index in [4.69, 9.17) is 9.47 Å². The van der Waals surface area contributed by atoms with Crippen LogP contribution in [0.25, 0.3) is 11.1 Å². The van der Waals surface area contributed by atoms with Crippen LogP contribution in [0, 0.1) is 5.82 Å². The van der Waals surface area contributed by atoms with Crippen LogP contribution in [0.5, 0.6) is 5.75 Å². The molecular formula is C26H30FO4P. The van der Waals surface area contributed by atoms with Crippen molar-refractivity contribution in [1.29, 1.82) is 0 Å². The fourth-order valence-electron chi connectivity index (χ4n) is 3.85. The van der Waals surface area contributed by atoms with Gasteiger partial charge in [-0.25, -0.2) is 4.39 Å². The first-order valence-corrected chi connectivity index (χ1v) is 12.9. The summed E-state index contributed by atoms with van der Waals surface area (Å²) in [5, 5.41) is 0. The van der Waals surface area contributed by atoms with E-state index in [1.165, 1.54) is 12.7 Å². The van der Waals surface area contributed by atoms with E-state index in [1.54, 1.807) is 25.3 Å². The number of aryl methyl sites for hydroxylation is 1. The maximum absolute atomic E-state index is 14.4. The second kappa shape index (κ2) is 10.3. The van der Waals surface area contributed by atoms with Crippen molar-refractivity contribution in [2.24, 2.45) is 0 Å². The Labute approximate surface area is 189 Å². The van der Waals surface area contributed by atoms with Crippen molar-refractivity contribution in [2.75, 3.05) is 19.9 Å². The summed E-state index contributed by atoms with van der Waals surface area (Å²) in [6.07, 6.45) is 7.71. The molecule has 0 aromatic heterocycles. The molecule has 2 aromatic carbocycles. The molecule has 0 saturated carbocycles. The highest BCUT2D eigenvalue weighted by atomic mass is 31.2. The first-order chi connectivity index (χ1) is 15.2. The summed E-state index contributed by atoms with van der Waals surface area (Å²) in [4.78, 5) is 9.57. The Kier molecular flexibility index (Phi) is 7.76. The number of rotatable bonds is 9. The van der Waals surface area contributed by atoms with Crippen LogP contribution < -0.4 is 4.74 Å². The van der Waals surface area contributed by atoms with Gasteiger partial charge in [-0.1, -0.05) is 30.9 Å². The van der Waals surface area contributed by atoms with Crippen molar-refractivity contribution in [2.45, 2.75) is 32.3 Å². The second-order valence-corrected chi connectivity index (χ2v) is 10.6. The maximum atomic E-state index is 14.4. The van der Waals surface area contributed by atoms with E-state index in [2.05, 4.69) is 6.58 Å². The van der Waals surface area contributed by atoms with Gasteiger partial charge in [-0.05, 0) is 78.8 Å². The van der Waals surface area contributed by atoms with E-state index in [1.807, 2.05) is 37.3 Å². The van der Waals surface area contributed by atoms with Crippen molar-refractivity contribution in [3.05, 3.63) is 89.5 Å². The average molecular weight is 456 g/mol. The minimum atomic E-state index is -3.07. The zero-order valence-corrected chi connectivity index (χ0v) is 19.7. The molecule has 0 bridgehead atoms. The minimum absolute atomic E-state index is 0.119. The molecule has 2 unspecified atom stereocenters. The van der Waals surface area contributed by atoms with Crippen LogP contribution >= 0.6 is 7.37 Å². The molecule has 170 valence electrons. The molecule has 0 radical (unpaired) electrons. The largest absolute Gasteiger partial charge is 0.497 e. The van der Waals surface area contributed by atoms with Gasteiger partial charge in [0.2, 0.25) is 0 Å². The lowest BCUT2D eigenvalue weighted by atomic mass is 9.99. The number of benzene rings is 2. The summed E-state index contributed by atoms with van der Waals surface area (Å²) >= 11 is 0. The summed E-state index contributed by atoms with van der Waals surface area (Å²) in [5.74, 6) is 0.957. The Balaban J connectivity index is 1.79. The number of hydrogen-bond acceptors (Lipinski definition) is 3. The van der Waals surface area contributed by atoms with Gasteiger partial charge in [0.25, 0.3) is 0 Å². The van der Waals surface area contributed by atoms with Gasteiger partial charge in [0, 0.05) is 18.4 Å². The first kappa shape index (κ1) is 24.0. The third-order valence-corrected chi connectivity index (χ3v) is 6.70. The molecule has 0 aliphatic heterocycles. The number of halogens is 1. The predicted molar refractivity (Wildman–Crippen MR) is 128 cm³/mol. The van der Waals surface area contributed by atoms with Gasteiger partial charge in [-0.2, -0.15) is 0 Å². The average Bonchev–Trinajstić information content (AvgIpc) is 3.17. The molecular weight excluding hydrogens is 426 g/mol. The van der Waals surface area contributed by atoms with Crippen molar-refractivity contribution >= 4 is 7.37 Å². The van der Waals surface area contributed by atoms with Crippen molar-refractivity contribution < 1.29 is 23.3 Å². The lowest BCUT2D eigenvalue weighted by Gasteiger charge is -2.17. The Hall–Kier alpha value is -2.62. The maximum Gasteiger partial charge on any atom is 0.197 e. The molecule has 0 heterocycles. The zero-order valence-electron chi connectivity index (χ0n) is 18.8. The van der Waals surface area contributed by atoms with Crippen LogP contribution in [0.15, 0.2) is 72.5 Å². The third-order valence-electron chi connectivity index (χ3n) is 5.64. The SMILES string of the molecule is C=C/C(=C\C(=C/C)CCP(C)(=O)O)OC1CCc2cc(-c3cc(OC)ccc3F)ccc21. The summed E-state index contributed by atoms with van der Waals surface area (Å²) < 4.78 is 37.5. The van der Waals surface area contributed by atoms with Crippen LogP contribution in [-0.4, -0.2) is 24.8 Å². The molecule has 2 aromatic rings. The monoisotopic (exact) mass is 456 g/mol. The Morgan fingerprint density at radius 3 is 2.75 bits per heavy atom. The van der Waals surface area contributed by atoms with Gasteiger partial charge in [0.15, 0.2) is 7.37 Å². The van der Waals surface area contributed by atoms with Gasteiger partial charge >= 0.3 is 0 Å². The van der Waals surface area contributed by atoms with Crippen LogP contribution in [0.2, 0.25) is 0 Å². The summed E-state index contributed by atoms with van der Waals surface area (Å²) in [7, 11) is -1.50. The van der Waals surface area contributed by atoms with E-state index in [-0.39, 0.29) is 18.1 Å². The lowest BCUT2D eigenvalue weighted by molar-refractivity contribution is 0.127. The predicted octanol–water partition coefficient (Wildman–Crippen LogP) is 6.81. The molecule has 0 fully saturated rings. The van der Waals surface area contributed by atoms with Crippen LogP contribution in [-0.2, 0) is 15.7 Å². The lowest BCUT2D eigenvalue weighted by Crippen LogP contribution is -2.00. The fourth-order valence-corrected chi connectivity index (χ4v) is 4.52. The van der Waals surface area contributed by atoms with Crippen molar-refractivity contribution in [3.8, 4) is 16.9 Å². The molecule has 0 spiro atoms. The van der Waals surface area contributed by atoms with E-state index in [0.717, 1.165) is 35.1 Å². The molecule has 3 rings (SSSR count). The van der Waals surface area contributed by atoms with Gasteiger partial charge in [0.05, 0.1) is 7.11 Å². The molecule has 2 atom stereocenters. The van der Waals surface area contributed by atoms with Crippen molar-refractivity contribution in [3.63, 3.8) is 0 Å². The van der Waals surface area contributed by atoms with E-state index in [0.29, 0.717) is 23.5 Å². The topological polar surface area (TPSA) is 55.8 Å². The number of methoxy groups -OCH3 is 1. The normalized spacial score (nSPS) is 18.1. The van der Waals surface area contributed by atoms with Gasteiger partial charge in [-0.3, -0.25) is 4.57 Å². The Morgan fingerprint density at radius 2 is 2.09 bits per heavy atom. The van der Waals surface area contributed by atoms with Crippen LogP contribution in [0.3, 0.4) is 0 Å². The molecule has 1 aliphatic rings. The number of ether oxygens (including phenoxy) is 2. The summed E-state index contributed by atoms with van der Waals surface area (Å²) in [6.45, 7) is 7.13. The summed E-state index contributed by atoms with van der Waals surface area (Å²) in [5.41, 5.74) is 4.47. The molecule has 6 heteroatoms. The molecule has 0 amide bonds. The molecule has 1 aliphatic carbocycles. The highest BCUT2D eigenvalue weighted by Crippen LogP contribution is 2.40. The van der Waals surface area contributed by atoms with Crippen molar-refractivity contribution in [1.82, 2.24) is 0 Å². The van der Waals surface area contributed by atoms with E-state index >= 15 is 0 Å². The zero-order chi connectivity index (χ0) is 23.3. The van der Waals surface area contributed by atoms with Crippen LogP contribution in [0.4, 0.5) is 4.39 Å². The number of allylic oxidation sites excluding steroid dienone is 4. The van der Waals surface area contributed by atoms with E-state index < -0.39 is 7.37 Å². The molecule has 0 saturated heterocycles. The fraction of sp³-hybridized carbons (Fsp3) is 0.308. The Bertz CT molecular complexity index is 1100. The Morgan fingerprint density at radius 1 is 1.31 bits per heavy atom. The van der Waals surface area contributed by atoms with Crippen LogP contribution in [0.1, 0.15) is 37.0 Å². The second-order valence-electron chi connectivity index (χ2n) is 8.04. The first-order valence-electron chi connectivity index (χ1n) is 10.7. The van der Waals surface area contributed by atoms with E-state index in [9.17, 15) is 13.8 Å². The standard InChI is InChI=1S/C26H30FO4P/c1-5-18(13-14-32(4,28)29)15-21(6-2)31-26-12-8-19-16-20(7-10-23(19)26)24-17-22(30-3)9-11-25(24)27/h5-7,9-11,15-17,26H,2,8,12-14H2,1,3-4H3,(H,28,29)/b18-5-,21-15+. The van der Waals surface area contributed by atoms with Gasteiger partial charge in [-0.15, -0.1) is 0 Å². The number of fused-ring (bicyclic) bond motifs is 1. The molecule has 4 nitrogen and oxygen atoms in total. The van der Waals surface area contributed by atoms with Gasteiger partial charge < -0.3 is 14.4 Å².